The van der Waals surface area contributed by atoms with Gasteiger partial charge in [0.2, 0.25) is 0 Å². The summed E-state index contributed by atoms with van der Waals surface area (Å²) in [5.74, 6) is 0. The molecule has 0 atom stereocenters. The van der Waals surface area contributed by atoms with Crippen molar-refractivity contribution in [3.8, 4) is 0 Å². The molecule has 0 bridgehead atoms. The molecule has 0 aliphatic heterocycles. The fourth-order valence-electron chi connectivity index (χ4n) is 3.97. The van der Waals surface area contributed by atoms with Crippen molar-refractivity contribution in [3.05, 3.63) is 121 Å². The molecular formula is C28H28Cl2P2Pd. The molecule has 4 aromatic carbocycles. The summed E-state index contributed by atoms with van der Waals surface area (Å²) in [5, 5.41) is 6.52. The molecule has 0 saturated heterocycles. The van der Waals surface area contributed by atoms with E-state index in [0.717, 1.165) is 0 Å². The van der Waals surface area contributed by atoms with Gasteiger partial charge in [-0.25, -0.2) is 0 Å². The quantitative estimate of drug-likeness (QED) is 0.202. The van der Waals surface area contributed by atoms with Crippen molar-refractivity contribution in [1.29, 1.82) is 0 Å². The van der Waals surface area contributed by atoms with Crippen molar-refractivity contribution in [2.75, 3.05) is 0 Å². The molecule has 4 rings (SSSR count). The van der Waals surface area contributed by atoms with E-state index in [0.29, 0.717) is 5.40 Å². The predicted molar refractivity (Wildman–Crippen MR) is 137 cm³/mol. The van der Waals surface area contributed by atoms with Crippen molar-refractivity contribution >= 4 is 37.1 Å². The smallest absolute Gasteiger partial charge is 1.00 e. The van der Waals surface area contributed by atoms with E-state index in [4.69, 9.17) is 0 Å². The van der Waals surface area contributed by atoms with Gasteiger partial charge < -0.3 is 24.8 Å². The van der Waals surface area contributed by atoms with E-state index in [1.807, 2.05) is 0 Å². The summed E-state index contributed by atoms with van der Waals surface area (Å²) in [6.45, 7) is 2.33. The van der Waals surface area contributed by atoms with E-state index in [2.05, 4.69) is 128 Å². The Morgan fingerprint density at radius 2 is 0.727 bits per heavy atom. The molecule has 5 heteroatoms. The normalized spacial score (nSPS) is 10.3. The van der Waals surface area contributed by atoms with Crippen LogP contribution in [0.2, 0.25) is 0 Å². The summed E-state index contributed by atoms with van der Waals surface area (Å²) in [5.41, 5.74) is 0. The number of hydrogen-bond donors (Lipinski definition) is 0. The van der Waals surface area contributed by atoms with Gasteiger partial charge in [-0.05, 0) is 43.5 Å². The second-order valence-electron chi connectivity index (χ2n) is 7.35. The molecule has 33 heavy (non-hydrogen) atoms. The van der Waals surface area contributed by atoms with Crippen molar-refractivity contribution in [2.24, 2.45) is 0 Å². The first-order chi connectivity index (χ1) is 14.9. The fraction of sp³-hybridized carbons (Fsp3) is 0.143. The Labute approximate surface area is 227 Å². The minimum Gasteiger partial charge on any atom is -1.00 e. The van der Waals surface area contributed by atoms with Gasteiger partial charge in [-0.3, -0.25) is 0 Å². The van der Waals surface area contributed by atoms with Gasteiger partial charge >= 0.3 is 20.4 Å². The molecule has 0 spiro atoms. The minimum absolute atomic E-state index is 0. The first kappa shape index (κ1) is 30.0. The summed E-state index contributed by atoms with van der Waals surface area (Å²) in [6.07, 6.45) is 2.42. The maximum atomic E-state index is 2.34. The summed E-state index contributed by atoms with van der Waals surface area (Å²) >= 11 is 0. The van der Waals surface area contributed by atoms with Crippen LogP contribution in [0.3, 0.4) is 0 Å². The van der Waals surface area contributed by atoms with Crippen molar-refractivity contribution < 1.29 is 45.2 Å². The molecule has 0 unspecified atom stereocenters. The molecule has 0 radical (unpaired) electrons. The van der Waals surface area contributed by atoms with Crippen LogP contribution in [0.5, 0.6) is 0 Å². The van der Waals surface area contributed by atoms with E-state index in [9.17, 15) is 0 Å². The molecule has 0 N–H and O–H groups in total. The average molecular weight is 604 g/mol. The van der Waals surface area contributed by atoms with Crippen molar-refractivity contribution in [3.63, 3.8) is 0 Å². The Hall–Kier alpha value is -1.02. The van der Waals surface area contributed by atoms with Crippen LogP contribution in [0.1, 0.15) is 19.8 Å². The van der Waals surface area contributed by atoms with Gasteiger partial charge in [-0.2, -0.15) is 0 Å². The third kappa shape index (κ3) is 7.74. The first-order valence-electron chi connectivity index (χ1n) is 10.7. The van der Waals surface area contributed by atoms with Crippen molar-refractivity contribution in [1.82, 2.24) is 0 Å². The summed E-state index contributed by atoms with van der Waals surface area (Å²) in [6, 6.07) is 44.8. The molecule has 0 fully saturated rings. The molecule has 0 amide bonds. The topological polar surface area (TPSA) is 0 Å². The maximum absolute atomic E-state index is 2.34. The van der Waals surface area contributed by atoms with Crippen LogP contribution >= 0.6 is 15.8 Å². The first-order valence-corrected chi connectivity index (χ1v) is 13.5. The summed E-state index contributed by atoms with van der Waals surface area (Å²) in [4.78, 5) is 0. The van der Waals surface area contributed by atoms with Crippen LogP contribution in [-0.4, -0.2) is 5.40 Å². The Balaban J connectivity index is 0.00000181. The van der Waals surface area contributed by atoms with E-state index >= 15 is 0 Å². The van der Waals surface area contributed by atoms with E-state index in [1.165, 1.54) is 34.1 Å². The zero-order chi connectivity index (χ0) is 20.6. The molecular weight excluding hydrogens is 576 g/mol. The Kier molecular flexibility index (Phi) is 14.4. The molecule has 0 nitrogen and oxygen atoms in total. The average Bonchev–Trinajstić information content (AvgIpc) is 2.82. The number of halogens is 2. The van der Waals surface area contributed by atoms with Gasteiger partial charge in [-0.15, -0.1) is 0 Å². The monoisotopic (exact) mass is 602 g/mol. The Morgan fingerprint density at radius 1 is 0.485 bits per heavy atom. The zero-order valence-corrected chi connectivity index (χ0v) is 23.4. The molecule has 0 aromatic heterocycles. The van der Waals surface area contributed by atoms with Gasteiger partial charge in [0.15, 0.2) is 0 Å². The van der Waals surface area contributed by atoms with Crippen LogP contribution < -0.4 is 46.0 Å². The van der Waals surface area contributed by atoms with Crippen LogP contribution in [0.25, 0.3) is 0 Å². The zero-order valence-electron chi connectivity index (χ0n) is 18.5. The third-order valence-corrected chi connectivity index (χ3v) is 11.8. The largest absolute Gasteiger partial charge is 2.00 e. The van der Waals surface area contributed by atoms with Crippen LogP contribution in [0.4, 0.5) is 0 Å². The molecule has 4 aromatic rings. The third-order valence-electron chi connectivity index (χ3n) is 5.28. The van der Waals surface area contributed by atoms with E-state index in [-0.39, 0.29) is 45.2 Å². The van der Waals surface area contributed by atoms with Gasteiger partial charge in [-0.1, -0.05) is 135 Å². The number of hydrogen-bond acceptors (Lipinski definition) is 0. The van der Waals surface area contributed by atoms with Gasteiger partial charge in [0.05, 0.1) is 0 Å². The molecule has 0 aliphatic carbocycles. The summed E-state index contributed by atoms with van der Waals surface area (Å²) in [7, 11) is -0.956. The fourth-order valence-corrected chi connectivity index (χ4v) is 11.5. The predicted octanol–water partition coefficient (Wildman–Crippen LogP) is 0.384. The van der Waals surface area contributed by atoms with Crippen LogP contribution in [0.15, 0.2) is 121 Å². The minimum atomic E-state index is -0.478. The van der Waals surface area contributed by atoms with Crippen LogP contribution in [-0.2, 0) is 20.4 Å². The number of benzene rings is 4. The number of rotatable bonds is 8. The molecule has 0 saturated carbocycles. The second-order valence-corrected chi connectivity index (χ2v) is 12.6. The summed E-state index contributed by atoms with van der Waals surface area (Å²) < 4.78 is 0. The van der Waals surface area contributed by atoms with E-state index in [1.54, 1.807) is 0 Å². The van der Waals surface area contributed by atoms with Crippen molar-refractivity contribution in [2.45, 2.75) is 25.2 Å². The van der Waals surface area contributed by atoms with E-state index < -0.39 is 15.8 Å². The van der Waals surface area contributed by atoms with Gasteiger partial charge in [0, 0.05) is 5.40 Å². The molecule has 174 valence electrons. The van der Waals surface area contributed by atoms with Gasteiger partial charge in [0.1, 0.15) is 0 Å². The van der Waals surface area contributed by atoms with Crippen LogP contribution in [0, 0.1) is 0 Å². The second kappa shape index (κ2) is 15.8. The maximum Gasteiger partial charge on any atom is 2.00 e. The molecule has 0 aliphatic rings. The van der Waals surface area contributed by atoms with Gasteiger partial charge in [0.25, 0.3) is 0 Å². The Morgan fingerprint density at radius 3 is 0.939 bits per heavy atom. The SMILES string of the molecule is CCCC(P(c1ccccc1)c1ccccc1)P(c1ccccc1)c1ccccc1.[Cl-].[Cl-].[Pd+2]. The Bertz CT molecular complexity index is 857. The molecule has 0 heterocycles. The standard InChI is InChI=1S/C28H28P2.2ClH.Pd/c1-2-15-28(29(24-16-7-3-8-17-24)25-18-9-4-10-19-25)30(26-20-11-5-12-21-26)27-22-13-6-14-23-27;;;/h3-14,16-23,28H,2,15H2,1H3;2*1H;/q;;;+2/p-2.